The molecule has 1 unspecified atom stereocenters. The molecule has 2 aromatic heterocycles. The highest BCUT2D eigenvalue weighted by molar-refractivity contribution is 9.10. The molecule has 0 bridgehead atoms. The van der Waals surface area contributed by atoms with E-state index in [1.54, 1.807) is 0 Å². The fraction of sp³-hybridized carbons (Fsp3) is 0.500. The first-order valence-corrected chi connectivity index (χ1v) is 7.40. The van der Waals surface area contributed by atoms with Crippen molar-refractivity contribution in [3.63, 3.8) is 0 Å². The number of hydrogen-bond donors (Lipinski definition) is 1. The van der Waals surface area contributed by atoms with Crippen molar-refractivity contribution in [2.45, 2.75) is 39.3 Å². The summed E-state index contributed by atoms with van der Waals surface area (Å²) in [5.41, 5.74) is 3.19. The number of halogens is 1. The van der Waals surface area contributed by atoms with Gasteiger partial charge in [0.2, 0.25) is 0 Å². The Morgan fingerprint density at radius 3 is 2.74 bits per heavy atom. The minimum atomic E-state index is -0.373. The third-order valence-electron chi connectivity index (χ3n) is 3.38. The van der Waals surface area contributed by atoms with Crippen LogP contribution in [0.1, 0.15) is 43.3 Å². The van der Waals surface area contributed by atoms with E-state index in [1.807, 2.05) is 37.1 Å². The molecule has 0 aliphatic carbocycles. The first-order valence-electron chi connectivity index (χ1n) is 6.60. The summed E-state index contributed by atoms with van der Waals surface area (Å²) in [5, 5.41) is 14.3. The summed E-state index contributed by atoms with van der Waals surface area (Å²) < 4.78 is 5.08. The highest BCUT2D eigenvalue weighted by atomic mass is 79.9. The minimum Gasteiger partial charge on any atom is -0.388 e. The largest absolute Gasteiger partial charge is 0.388 e. The fourth-order valence-electron chi connectivity index (χ4n) is 2.16. The van der Waals surface area contributed by atoms with E-state index in [1.165, 1.54) is 0 Å². The average molecular weight is 326 g/mol. The molecule has 2 aromatic rings. The Labute approximate surface area is 122 Å². The number of nitrogens with zero attached hydrogens (tertiary/aromatic N) is 3. The molecule has 1 atom stereocenters. The van der Waals surface area contributed by atoms with Crippen molar-refractivity contribution in [3.05, 3.63) is 39.9 Å². The fourth-order valence-corrected chi connectivity index (χ4v) is 2.90. The second-order valence-electron chi connectivity index (χ2n) is 4.73. The SMILES string of the molecule is CCc1nn(C)c(Cn2ccc(C(O)CC)c2)c1Br. The van der Waals surface area contributed by atoms with Gasteiger partial charge in [0.15, 0.2) is 0 Å². The lowest BCUT2D eigenvalue weighted by Gasteiger charge is -2.06. The van der Waals surface area contributed by atoms with Crippen LogP contribution in [0.15, 0.2) is 22.9 Å². The number of aryl methyl sites for hydroxylation is 2. The molecule has 0 aliphatic rings. The molecule has 0 amide bonds. The van der Waals surface area contributed by atoms with Crippen LogP contribution in [0.4, 0.5) is 0 Å². The predicted octanol–water partition coefficient (Wildman–Crippen LogP) is 3.04. The summed E-state index contributed by atoms with van der Waals surface area (Å²) in [7, 11) is 1.96. The average Bonchev–Trinajstić information content (AvgIpc) is 2.98. The third kappa shape index (κ3) is 2.92. The first-order chi connectivity index (χ1) is 9.06. The van der Waals surface area contributed by atoms with E-state index in [4.69, 9.17) is 0 Å². The van der Waals surface area contributed by atoms with Crippen LogP contribution in [0.25, 0.3) is 0 Å². The van der Waals surface area contributed by atoms with Crippen molar-refractivity contribution in [3.8, 4) is 0 Å². The Morgan fingerprint density at radius 2 is 2.16 bits per heavy atom. The van der Waals surface area contributed by atoms with Crippen LogP contribution < -0.4 is 0 Å². The van der Waals surface area contributed by atoms with Crippen molar-refractivity contribution in [2.75, 3.05) is 0 Å². The van der Waals surface area contributed by atoms with Crippen molar-refractivity contribution < 1.29 is 5.11 Å². The van der Waals surface area contributed by atoms with Gasteiger partial charge in [-0.15, -0.1) is 0 Å². The summed E-state index contributed by atoms with van der Waals surface area (Å²) in [4.78, 5) is 0. The van der Waals surface area contributed by atoms with Gasteiger partial charge in [-0.05, 0) is 40.4 Å². The molecule has 2 heterocycles. The molecule has 19 heavy (non-hydrogen) atoms. The Kier molecular flexibility index (Phi) is 4.47. The Bertz CT molecular complexity index is 559. The van der Waals surface area contributed by atoms with Crippen molar-refractivity contribution in [1.29, 1.82) is 0 Å². The predicted molar refractivity (Wildman–Crippen MR) is 79.1 cm³/mol. The maximum Gasteiger partial charge on any atom is 0.0802 e. The normalized spacial score (nSPS) is 12.9. The van der Waals surface area contributed by atoms with Crippen LogP contribution >= 0.6 is 15.9 Å². The molecule has 0 saturated carbocycles. The minimum absolute atomic E-state index is 0.373. The Morgan fingerprint density at radius 1 is 1.42 bits per heavy atom. The van der Waals surface area contributed by atoms with Crippen LogP contribution in [0, 0.1) is 0 Å². The summed E-state index contributed by atoms with van der Waals surface area (Å²) in [6.07, 6.45) is 5.28. The summed E-state index contributed by atoms with van der Waals surface area (Å²) in [6.45, 7) is 4.83. The van der Waals surface area contributed by atoms with E-state index in [2.05, 4.69) is 32.5 Å². The number of aliphatic hydroxyl groups is 1. The zero-order chi connectivity index (χ0) is 14.0. The number of hydrogen-bond acceptors (Lipinski definition) is 2. The molecule has 104 valence electrons. The number of aromatic nitrogens is 3. The second-order valence-corrected chi connectivity index (χ2v) is 5.52. The Balaban J connectivity index is 2.22. The van der Waals surface area contributed by atoms with Gasteiger partial charge in [0.25, 0.3) is 0 Å². The van der Waals surface area contributed by atoms with Crippen LogP contribution in [-0.4, -0.2) is 19.5 Å². The van der Waals surface area contributed by atoms with Gasteiger partial charge in [0, 0.05) is 19.4 Å². The smallest absolute Gasteiger partial charge is 0.0802 e. The van der Waals surface area contributed by atoms with Crippen molar-refractivity contribution in [1.82, 2.24) is 14.3 Å². The van der Waals surface area contributed by atoms with Gasteiger partial charge in [0.05, 0.1) is 28.5 Å². The molecule has 0 spiro atoms. The molecule has 0 fully saturated rings. The highest BCUT2D eigenvalue weighted by Gasteiger charge is 2.13. The van der Waals surface area contributed by atoms with Gasteiger partial charge in [-0.2, -0.15) is 5.10 Å². The maximum absolute atomic E-state index is 9.82. The third-order valence-corrected chi connectivity index (χ3v) is 4.30. The van der Waals surface area contributed by atoms with E-state index in [9.17, 15) is 5.11 Å². The second kappa shape index (κ2) is 5.92. The molecule has 4 nitrogen and oxygen atoms in total. The van der Waals surface area contributed by atoms with Crippen molar-refractivity contribution in [2.24, 2.45) is 7.05 Å². The quantitative estimate of drug-likeness (QED) is 0.918. The standard InChI is InChI=1S/C14H20BrN3O/c1-4-11-14(15)12(17(3)16-11)9-18-7-6-10(8-18)13(19)5-2/h6-8,13,19H,4-5,9H2,1-3H3. The van der Waals surface area contributed by atoms with E-state index < -0.39 is 0 Å². The molecule has 1 N–H and O–H groups in total. The van der Waals surface area contributed by atoms with Crippen LogP contribution in [0.3, 0.4) is 0 Å². The topological polar surface area (TPSA) is 43.0 Å². The van der Waals surface area contributed by atoms with E-state index in [0.29, 0.717) is 0 Å². The monoisotopic (exact) mass is 325 g/mol. The van der Waals surface area contributed by atoms with E-state index in [0.717, 1.165) is 40.8 Å². The summed E-state index contributed by atoms with van der Waals surface area (Å²) in [6, 6.07) is 1.97. The summed E-state index contributed by atoms with van der Waals surface area (Å²) in [5.74, 6) is 0. The first kappa shape index (κ1) is 14.3. The molecule has 0 aliphatic heterocycles. The molecule has 0 radical (unpaired) electrons. The van der Waals surface area contributed by atoms with E-state index in [-0.39, 0.29) is 6.10 Å². The van der Waals surface area contributed by atoms with Crippen LogP contribution in [-0.2, 0) is 20.0 Å². The summed E-state index contributed by atoms with van der Waals surface area (Å²) >= 11 is 3.62. The molecule has 0 aromatic carbocycles. The number of aliphatic hydroxyl groups excluding tert-OH is 1. The van der Waals surface area contributed by atoms with Gasteiger partial charge < -0.3 is 9.67 Å². The van der Waals surface area contributed by atoms with Gasteiger partial charge >= 0.3 is 0 Å². The maximum atomic E-state index is 9.82. The lowest BCUT2D eigenvalue weighted by molar-refractivity contribution is 0.173. The highest BCUT2D eigenvalue weighted by Crippen LogP contribution is 2.23. The van der Waals surface area contributed by atoms with Crippen LogP contribution in [0.5, 0.6) is 0 Å². The van der Waals surface area contributed by atoms with Gasteiger partial charge in [-0.3, -0.25) is 4.68 Å². The molecule has 2 rings (SSSR count). The Hall–Kier alpha value is -1.07. The zero-order valence-corrected chi connectivity index (χ0v) is 13.2. The molecular formula is C14H20BrN3O. The molecule has 0 saturated heterocycles. The lowest BCUT2D eigenvalue weighted by Crippen LogP contribution is -2.04. The van der Waals surface area contributed by atoms with Crippen LogP contribution in [0.2, 0.25) is 0 Å². The van der Waals surface area contributed by atoms with Gasteiger partial charge in [-0.25, -0.2) is 0 Å². The van der Waals surface area contributed by atoms with E-state index >= 15 is 0 Å². The lowest BCUT2D eigenvalue weighted by atomic mass is 10.1. The zero-order valence-electron chi connectivity index (χ0n) is 11.6. The van der Waals surface area contributed by atoms with Gasteiger partial charge in [-0.1, -0.05) is 13.8 Å². The number of rotatable bonds is 5. The molecule has 5 heteroatoms. The van der Waals surface area contributed by atoms with Crippen molar-refractivity contribution >= 4 is 15.9 Å². The molecular weight excluding hydrogens is 306 g/mol. The van der Waals surface area contributed by atoms with Gasteiger partial charge in [0.1, 0.15) is 0 Å².